The number of rotatable bonds is 6. The summed E-state index contributed by atoms with van der Waals surface area (Å²) in [5.74, 6) is -0.109. The first-order valence-corrected chi connectivity index (χ1v) is 12.0. The van der Waals surface area contributed by atoms with Crippen molar-refractivity contribution in [2.24, 2.45) is 5.10 Å². The average molecular weight is 491 g/mol. The second-order valence-electron chi connectivity index (χ2n) is 8.97. The Kier molecular flexibility index (Phi) is 6.95. The molecule has 0 radical (unpaired) electrons. The number of ether oxygens (including phenoxy) is 1. The van der Waals surface area contributed by atoms with Crippen molar-refractivity contribution in [1.82, 2.24) is 9.91 Å². The van der Waals surface area contributed by atoms with E-state index in [1.54, 1.807) is 37.4 Å². The maximum absolute atomic E-state index is 14.8. The van der Waals surface area contributed by atoms with Crippen LogP contribution in [0.15, 0.2) is 77.9 Å². The number of amides is 1. The molecule has 0 aliphatic carbocycles. The van der Waals surface area contributed by atoms with E-state index in [2.05, 4.69) is 5.10 Å². The molecule has 2 heterocycles. The molecule has 186 valence electrons. The number of hydrogen-bond donors (Lipinski definition) is 0. The maximum Gasteiger partial charge on any atom is 0.257 e. The van der Waals surface area contributed by atoms with Crippen molar-refractivity contribution in [3.63, 3.8) is 0 Å². The van der Waals surface area contributed by atoms with Gasteiger partial charge < -0.3 is 9.64 Å². The fourth-order valence-electron chi connectivity index (χ4n) is 4.82. The molecular weight excluding hydrogens is 462 g/mol. The van der Waals surface area contributed by atoms with Crippen LogP contribution in [0.1, 0.15) is 23.6 Å². The lowest BCUT2D eigenvalue weighted by atomic mass is 9.98. The van der Waals surface area contributed by atoms with Gasteiger partial charge in [0, 0.05) is 43.7 Å². The van der Waals surface area contributed by atoms with Crippen LogP contribution in [0.3, 0.4) is 0 Å². The first-order chi connectivity index (χ1) is 17.5. The molecule has 0 N–H and O–H groups in total. The van der Waals surface area contributed by atoms with E-state index >= 15 is 0 Å². The topological polar surface area (TPSA) is 48.4 Å². The highest BCUT2D eigenvalue weighted by molar-refractivity contribution is 6.03. The number of halogens is 2. The van der Waals surface area contributed by atoms with Crippen LogP contribution in [0.4, 0.5) is 14.5 Å². The zero-order valence-electron chi connectivity index (χ0n) is 20.1. The van der Waals surface area contributed by atoms with Gasteiger partial charge in [-0.25, -0.2) is 13.8 Å². The molecule has 8 heteroatoms. The molecule has 1 fully saturated rings. The summed E-state index contributed by atoms with van der Waals surface area (Å²) in [6.45, 7) is 2.62. The third-order valence-corrected chi connectivity index (χ3v) is 6.76. The van der Waals surface area contributed by atoms with E-state index in [-0.39, 0.29) is 24.1 Å². The van der Waals surface area contributed by atoms with Gasteiger partial charge in [0.1, 0.15) is 17.4 Å². The van der Waals surface area contributed by atoms with Crippen LogP contribution in [-0.4, -0.2) is 61.4 Å². The van der Waals surface area contributed by atoms with E-state index in [1.165, 1.54) is 17.1 Å². The number of para-hydroxylation sites is 1. The predicted molar refractivity (Wildman–Crippen MR) is 135 cm³/mol. The van der Waals surface area contributed by atoms with Crippen LogP contribution in [-0.2, 0) is 4.79 Å². The van der Waals surface area contributed by atoms with Gasteiger partial charge in [-0.1, -0.05) is 42.5 Å². The lowest BCUT2D eigenvalue weighted by Gasteiger charge is -2.36. The minimum Gasteiger partial charge on any atom is -0.497 e. The van der Waals surface area contributed by atoms with Gasteiger partial charge in [0.25, 0.3) is 5.91 Å². The van der Waals surface area contributed by atoms with Crippen molar-refractivity contribution in [2.75, 3.05) is 44.7 Å². The quantitative estimate of drug-likeness (QED) is 0.512. The monoisotopic (exact) mass is 490 g/mol. The predicted octanol–water partition coefficient (Wildman–Crippen LogP) is 4.47. The number of hydrogen-bond acceptors (Lipinski definition) is 5. The molecule has 1 amide bonds. The molecule has 2 aliphatic heterocycles. The number of anilines is 1. The fourth-order valence-corrected chi connectivity index (χ4v) is 4.82. The van der Waals surface area contributed by atoms with Crippen molar-refractivity contribution in [3.05, 3.63) is 95.6 Å². The number of hydrazone groups is 1. The van der Waals surface area contributed by atoms with Crippen molar-refractivity contribution < 1.29 is 18.3 Å². The highest BCUT2D eigenvalue weighted by Crippen LogP contribution is 2.35. The Labute approximate surface area is 209 Å². The lowest BCUT2D eigenvalue weighted by molar-refractivity contribution is -0.134. The van der Waals surface area contributed by atoms with E-state index in [4.69, 9.17) is 4.74 Å². The van der Waals surface area contributed by atoms with Gasteiger partial charge in [-0.05, 0) is 30.3 Å². The van der Waals surface area contributed by atoms with Crippen LogP contribution < -0.4 is 9.64 Å². The van der Waals surface area contributed by atoms with E-state index in [9.17, 15) is 13.6 Å². The molecule has 36 heavy (non-hydrogen) atoms. The molecule has 3 aromatic carbocycles. The summed E-state index contributed by atoms with van der Waals surface area (Å²) in [6.07, 6.45) is 0.404. The van der Waals surface area contributed by atoms with Gasteiger partial charge in [-0.3, -0.25) is 9.69 Å². The van der Waals surface area contributed by atoms with Gasteiger partial charge in [-0.2, -0.15) is 5.10 Å². The van der Waals surface area contributed by atoms with Crippen LogP contribution in [0.25, 0.3) is 0 Å². The number of methoxy groups -OCH3 is 1. The van der Waals surface area contributed by atoms with E-state index < -0.39 is 6.04 Å². The van der Waals surface area contributed by atoms with Crippen LogP contribution >= 0.6 is 0 Å². The van der Waals surface area contributed by atoms with Gasteiger partial charge in [-0.15, -0.1) is 0 Å². The minimum absolute atomic E-state index is 0.158. The molecule has 0 spiro atoms. The molecule has 0 aromatic heterocycles. The Bertz CT molecular complexity index is 1270. The number of benzene rings is 3. The Balaban J connectivity index is 1.33. The SMILES string of the molecule is COc1cccc(C2=NN(C(=O)CN3CCN(c4ccccc4F)CC3)[C@@H](c3ccccc3F)C2)c1. The second-order valence-corrected chi connectivity index (χ2v) is 8.97. The molecule has 1 atom stereocenters. The number of piperazine rings is 1. The second kappa shape index (κ2) is 10.5. The smallest absolute Gasteiger partial charge is 0.257 e. The van der Waals surface area contributed by atoms with Crippen molar-refractivity contribution in [2.45, 2.75) is 12.5 Å². The molecular formula is C28H28F2N4O2. The Morgan fingerprint density at radius 2 is 1.67 bits per heavy atom. The van der Waals surface area contributed by atoms with Crippen molar-refractivity contribution >= 4 is 17.3 Å². The normalized spacial score (nSPS) is 18.3. The summed E-state index contributed by atoms with van der Waals surface area (Å²) in [7, 11) is 1.60. The summed E-state index contributed by atoms with van der Waals surface area (Å²) in [5.41, 5.74) is 2.57. The summed E-state index contributed by atoms with van der Waals surface area (Å²) in [4.78, 5) is 17.5. The van der Waals surface area contributed by atoms with E-state index in [1.807, 2.05) is 40.1 Å². The number of carbonyl (C=O) groups is 1. The zero-order chi connectivity index (χ0) is 25.1. The molecule has 6 nitrogen and oxygen atoms in total. The average Bonchev–Trinajstić information content (AvgIpc) is 3.35. The molecule has 2 aliphatic rings. The van der Waals surface area contributed by atoms with Crippen molar-refractivity contribution in [3.8, 4) is 5.75 Å². The minimum atomic E-state index is -0.528. The van der Waals surface area contributed by atoms with Crippen molar-refractivity contribution in [1.29, 1.82) is 0 Å². The largest absolute Gasteiger partial charge is 0.497 e. The third kappa shape index (κ3) is 4.95. The van der Waals surface area contributed by atoms with Gasteiger partial charge in [0.05, 0.1) is 31.1 Å². The molecule has 5 rings (SSSR count). The highest BCUT2D eigenvalue weighted by Gasteiger charge is 2.35. The first kappa shape index (κ1) is 23.9. The fraction of sp³-hybridized carbons (Fsp3) is 0.286. The molecule has 3 aromatic rings. The van der Waals surface area contributed by atoms with Gasteiger partial charge in [0.2, 0.25) is 0 Å². The molecule has 0 unspecified atom stereocenters. The Morgan fingerprint density at radius 1 is 0.944 bits per heavy atom. The van der Waals surface area contributed by atoms with Crippen LogP contribution in [0, 0.1) is 11.6 Å². The van der Waals surface area contributed by atoms with E-state index in [0.29, 0.717) is 55.3 Å². The van der Waals surface area contributed by atoms with Crippen LogP contribution in [0.5, 0.6) is 5.75 Å². The molecule has 0 bridgehead atoms. The van der Waals surface area contributed by atoms with Crippen LogP contribution in [0.2, 0.25) is 0 Å². The van der Waals surface area contributed by atoms with E-state index in [0.717, 1.165) is 5.56 Å². The summed E-state index contributed by atoms with van der Waals surface area (Å²) in [6, 6.07) is 20.2. The van der Waals surface area contributed by atoms with Gasteiger partial charge >= 0.3 is 0 Å². The molecule has 1 saturated heterocycles. The zero-order valence-corrected chi connectivity index (χ0v) is 20.1. The first-order valence-electron chi connectivity index (χ1n) is 12.0. The summed E-state index contributed by atoms with van der Waals surface area (Å²) >= 11 is 0. The Hall–Kier alpha value is -3.78. The summed E-state index contributed by atoms with van der Waals surface area (Å²) < 4.78 is 34.3. The number of carbonyl (C=O) groups excluding carboxylic acids is 1. The highest BCUT2D eigenvalue weighted by atomic mass is 19.1. The molecule has 0 saturated carbocycles. The lowest BCUT2D eigenvalue weighted by Crippen LogP contribution is -2.49. The van der Waals surface area contributed by atoms with Gasteiger partial charge in [0.15, 0.2) is 0 Å². The number of nitrogens with zero attached hydrogens (tertiary/aromatic N) is 4. The Morgan fingerprint density at radius 3 is 2.39 bits per heavy atom. The summed E-state index contributed by atoms with van der Waals surface area (Å²) in [5, 5.41) is 6.09. The third-order valence-electron chi connectivity index (χ3n) is 6.76. The maximum atomic E-state index is 14.8. The standard InChI is InChI=1S/C28H28F2N4O2/c1-36-21-8-6-7-20(17-21)25-18-27(22-9-2-3-10-23(22)29)34(31-25)28(35)19-32-13-15-33(16-14-32)26-12-5-4-11-24(26)30/h2-12,17,27H,13-16,18-19H2,1H3/t27-/m1/s1.